The quantitative estimate of drug-likeness (QED) is 0.777. The van der Waals surface area contributed by atoms with Crippen molar-refractivity contribution < 1.29 is 9.53 Å². The average Bonchev–Trinajstić information content (AvgIpc) is 2.87. The number of carbonyl (C=O) groups excluding carboxylic acids is 1. The van der Waals surface area contributed by atoms with Gasteiger partial charge in [-0.15, -0.1) is 11.3 Å². The number of aryl methyl sites for hydroxylation is 1. The van der Waals surface area contributed by atoms with E-state index in [-0.39, 0.29) is 12.4 Å². The summed E-state index contributed by atoms with van der Waals surface area (Å²) >= 11 is 1.56. The minimum Gasteiger partial charge on any atom is -0.466 e. The molecule has 0 aliphatic heterocycles. The number of esters is 1. The first-order valence-electron chi connectivity index (χ1n) is 5.31. The van der Waals surface area contributed by atoms with Crippen LogP contribution in [-0.4, -0.2) is 27.3 Å². The van der Waals surface area contributed by atoms with Crippen LogP contribution >= 0.6 is 11.3 Å². The van der Waals surface area contributed by atoms with Crippen LogP contribution in [0.5, 0.6) is 0 Å². The van der Waals surface area contributed by atoms with Crippen molar-refractivity contribution in [1.29, 1.82) is 0 Å². The Labute approximate surface area is 103 Å². The van der Waals surface area contributed by atoms with E-state index in [0.29, 0.717) is 6.61 Å². The molecule has 0 aliphatic rings. The molecular weight excluding hydrogens is 238 g/mol. The predicted molar refractivity (Wildman–Crippen MR) is 64.3 cm³/mol. The molecule has 0 saturated heterocycles. The lowest BCUT2D eigenvalue weighted by molar-refractivity contribution is -0.142. The summed E-state index contributed by atoms with van der Waals surface area (Å²) in [5.41, 5.74) is 0.830. The molecule has 2 aromatic heterocycles. The Kier molecular flexibility index (Phi) is 3.53. The molecule has 2 aromatic rings. The number of ether oxygens (including phenoxy) is 1. The molecular formula is C11H13N3O2S. The first kappa shape index (κ1) is 11.8. The van der Waals surface area contributed by atoms with Gasteiger partial charge in [0.25, 0.3) is 0 Å². The fourth-order valence-electron chi connectivity index (χ4n) is 1.38. The zero-order valence-corrected chi connectivity index (χ0v) is 10.5. The van der Waals surface area contributed by atoms with Crippen LogP contribution < -0.4 is 0 Å². The maximum absolute atomic E-state index is 11.3. The highest BCUT2D eigenvalue weighted by atomic mass is 32.1. The maximum atomic E-state index is 11.3. The standard InChI is InChI=1S/C11H13N3O2S/c1-3-16-10(15)4-9-6-13-14(7-9)11-12-5-8(2)17-11/h5-7H,3-4H2,1-2H3. The Balaban J connectivity index is 2.08. The van der Waals surface area contributed by atoms with Crippen LogP contribution in [0.4, 0.5) is 0 Å². The van der Waals surface area contributed by atoms with Crippen molar-refractivity contribution >= 4 is 17.3 Å². The minimum absolute atomic E-state index is 0.234. The molecule has 0 atom stereocenters. The van der Waals surface area contributed by atoms with Gasteiger partial charge in [0, 0.05) is 22.8 Å². The highest BCUT2D eigenvalue weighted by Gasteiger charge is 2.08. The van der Waals surface area contributed by atoms with E-state index in [1.807, 2.05) is 6.92 Å². The molecule has 90 valence electrons. The van der Waals surface area contributed by atoms with Crippen LogP contribution in [0.2, 0.25) is 0 Å². The first-order chi connectivity index (χ1) is 8.19. The summed E-state index contributed by atoms with van der Waals surface area (Å²) < 4.78 is 6.55. The van der Waals surface area contributed by atoms with E-state index in [1.165, 1.54) is 0 Å². The summed E-state index contributed by atoms with van der Waals surface area (Å²) in [7, 11) is 0. The van der Waals surface area contributed by atoms with Gasteiger partial charge in [0.1, 0.15) is 0 Å². The molecule has 6 heteroatoms. The molecule has 0 saturated carbocycles. The second-order valence-corrected chi connectivity index (χ2v) is 4.74. The van der Waals surface area contributed by atoms with Crippen molar-refractivity contribution in [3.63, 3.8) is 0 Å². The van der Waals surface area contributed by atoms with Gasteiger partial charge in [-0.3, -0.25) is 4.79 Å². The highest BCUT2D eigenvalue weighted by molar-refractivity contribution is 7.13. The van der Waals surface area contributed by atoms with Crippen LogP contribution in [0.25, 0.3) is 5.13 Å². The van der Waals surface area contributed by atoms with Gasteiger partial charge >= 0.3 is 5.97 Å². The molecule has 0 aromatic carbocycles. The van der Waals surface area contributed by atoms with Crippen LogP contribution in [0, 0.1) is 6.92 Å². The first-order valence-corrected chi connectivity index (χ1v) is 6.12. The number of carbonyl (C=O) groups is 1. The molecule has 0 fully saturated rings. The second kappa shape index (κ2) is 5.09. The molecule has 0 bridgehead atoms. The minimum atomic E-state index is -0.234. The molecule has 0 N–H and O–H groups in total. The number of hydrogen-bond acceptors (Lipinski definition) is 5. The van der Waals surface area contributed by atoms with Gasteiger partial charge in [-0.05, 0) is 13.8 Å². The summed E-state index contributed by atoms with van der Waals surface area (Å²) in [4.78, 5) is 16.6. The fraction of sp³-hybridized carbons (Fsp3) is 0.364. The van der Waals surface area contributed by atoms with E-state index < -0.39 is 0 Å². The highest BCUT2D eigenvalue weighted by Crippen LogP contribution is 2.16. The van der Waals surface area contributed by atoms with E-state index in [0.717, 1.165) is 15.6 Å². The Morgan fingerprint density at radius 1 is 1.53 bits per heavy atom. The van der Waals surface area contributed by atoms with Crippen LogP contribution in [-0.2, 0) is 16.0 Å². The van der Waals surface area contributed by atoms with Gasteiger partial charge in [0.05, 0.1) is 19.2 Å². The van der Waals surface area contributed by atoms with Gasteiger partial charge in [-0.1, -0.05) is 0 Å². The summed E-state index contributed by atoms with van der Waals surface area (Å²) in [5, 5.41) is 4.97. The van der Waals surface area contributed by atoms with E-state index in [9.17, 15) is 4.79 Å². The molecule has 2 heterocycles. The number of aromatic nitrogens is 3. The predicted octanol–water partition coefficient (Wildman–Crippen LogP) is 1.74. The van der Waals surface area contributed by atoms with E-state index >= 15 is 0 Å². The zero-order valence-electron chi connectivity index (χ0n) is 9.71. The summed E-state index contributed by atoms with van der Waals surface area (Å²) in [6.07, 6.45) is 5.51. The summed E-state index contributed by atoms with van der Waals surface area (Å²) in [6, 6.07) is 0. The Morgan fingerprint density at radius 3 is 3.00 bits per heavy atom. The van der Waals surface area contributed by atoms with Crippen molar-refractivity contribution in [3.05, 3.63) is 29.0 Å². The molecule has 17 heavy (non-hydrogen) atoms. The van der Waals surface area contributed by atoms with Crippen molar-refractivity contribution in [3.8, 4) is 5.13 Å². The number of hydrogen-bond donors (Lipinski definition) is 0. The number of rotatable bonds is 4. The van der Waals surface area contributed by atoms with Gasteiger partial charge in [-0.2, -0.15) is 5.10 Å². The van der Waals surface area contributed by atoms with E-state index in [2.05, 4.69) is 10.1 Å². The average molecular weight is 251 g/mol. The van der Waals surface area contributed by atoms with Crippen LogP contribution in [0.3, 0.4) is 0 Å². The molecule has 0 unspecified atom stereocenters. The van der Waals surface area contributed by atoms with Crippen molar-refractivity contribution in [2.75, 3.05) is 6.61 Å². The third-order valence-corrected chi connectivity index (χ3v) is 3.00. The Morgan fingerprint density at radius 2 is 2.35 bits per heavy atom. The van der Waals surface area contributed by atoms with Crippen molar-refractivity contribution in [2.45, 2.75) is 20.3 Å². The van der Waals surface area contributed by atoms with E-state index in [1.54, 1.807) is 41.5 Å². The maximum Gasteiger partial charge on any atom is 0.310 e. The molecule has 0 spiro atoms. The molecule has 5 nitrogen and oxygen atoms in total. The van der Waals surface area contributed by atoms with Crippen LogP contribution in [0.15, 0.2) is 18.6 Å². The smallest absolute Gasteiger partial charge is 0.310 e. The topological polar surface area (TPSA) is 57.0 Å². The van der Waals surface area contributed by atoms with Gasteiger partial charge in [-0.25, -0.2) is 9.67 Å². The lowest BCUT2D eigenvalue weighted by Crippen LogP contribution is -2.06. The number of thiazole rings is 1. The fourth-order valence-corrected chi connectivity index (χ4v) is 2.08. The SMILES string of the molecule is CCOC(=O)Cc1cnn(-c2ncc(C)s2)c1. The van der Waals surface area contributed by atoms with Crippen LogP contribution in [0.1, 0.15) is 17.4 Å². The Bertz CT molecular complexity index is 518. The van der Waals surface area contributed by atoms with Gasteiger partial charge in [0.15, 0.2) is 0 Å². The largest absolute Gasteiger partial charge is 0.466 e. The molecule has 0 aliphatic carbocycles. The molecule has 0 amide bonds. The lowest BCUT2D eigenvalue weighted by Gasteiger charge is -1.98. The van der Waals surface area contributed by atoms with Crippen molar-refractivity contribution in [2.24, 2.45) is 0 Å². The Hall–Kier alpha value is -1.69. The summed E-state index contributed by atoms with van der Waals surface area (Å²) in [6.45, 7) is 4.18. The zero-order chi connectivity index (χ0) is 12.3. The van der Waals surface area contributed by atoms with E-state index in [4.69, 9.17) is 4.74 Å². The summed E-state index contributed by atoms with van der Waals surface area (Å²) in [5.74, 6) is -0.234. The third kappa shape index (κ3) is 2.91. The normalized spacial score (nSPS) is 10.5. The monoisotopic (exact) mass is 251 g/mol. The second-order valence-electron chi connectivity index (χ2n) is 3.53. The third-order valence-electron chi connectivity index (χ3n) is 2.09. The number of nitrogens with zero attached hydrogens (tertiary/aromatic N) is 3. The lowest BCUT2D eigenvalue weighted by atomic mass is 10.3. The van der Waals surface area contributed by atoms with Gasteiger partial charge < -0.3 is 4.74 Å². The molecule has 0 radical (unpaired) electrons. The van der Waals surface area contributed by atoms with Gasteiger partial charge in [0.2, 0.25) is 5.13 Å². The van der Waals surface area contributed by atoms with Crippen molar-refractivity contribution in [1.82, 2.24) is 14.8 Å². The molecule has 2 rings (SSSR count).